The molecule has 3 atom stereocenters. The Morgan fingerprint density at radius 3 is 2.67 bits per heavy atom. The summed E-state index contributed by atoms with van der Waals surface area (Å²) < 4.78 is 0. The van der Waals surface area contributed by atoms with Crippen LogP contribution in [0.2, 0.25) is 5.02 Å². The molecule has 2 aliphatic rings. The van der Waals surface area contributed by atoms with Crippen molar-refractivity contribution < 1.29 is 14.7 Å². The molecular weight excluding hydrogens is 290 g/mol. The Hall–Kier alpha value is -1.55. The van der Waals surface area contributed by atoms with Crippen LogP contribution in [0.4, 0.5) is 5.69 Å². The highest BCUT2D eigenvalue weighted by Crippen LogP contribution is 2.49. The van der Waals surface area contributed by atoms with Crippen LogP contribution in [0.15, 0.2) is 18.2 Å². The summed E-state index contributed by atoms with van der Waals surface area (Å²) >= 11 is 5.90. The first-order valence-corrected chi connectivity index (χ1v) is 7.73. The summed E-state index contributed by atoms with van der Waals surface area (Å²) in [6.07, 6.45) is 5.62. The van der Waals surface area contributed by atoms with Gasteiger partial charge in [-0.15, -0.1) is 0 Å². The van der Waals surface area contributed by atoms with E-state index in [1.54, 1.807) is 6.07 Å². The molecule has 2 bridgehead atoms. The smallest absolute Gasteiger partial charge is 0.337 e. The van der Waals surface area contributed by atoms with Crippen molar-refractivity contribution in [3.05, 3.63) is 28.8 Å². The first kappa shape index (κ1) is 14.4. The predicted octanol–water partition coefficient (Wildman–Crippen LogP) is 3.80. The van der Waals surface area contributed by atoms with Gasteiger partial charge in [0, 0.05) is 12.1 Å². The van der Waals surface area contributed by atoms with Gasteiger partial charge in [0.25, 0.3) is 0 Å². The fourth-order valence-electron chi connectivity index (χ4n) is 3.84. The number of carboxylic acids is 1. The first-order chi connectivity index (χ1) is 10.0. The molecule has 0 spiro atoms. The SMILES string of the molecule is O=C(CC1CC2CCC1C2)Nc1ccc(C(=O)O)c(Cl)c1. The zero-order valence-corrected chi connectivity index (χ0v) is 12.4. The molecule has 0 saturated heterocycles. The lowest BCUT2D eigenvalue weighted by atomic mass is 9.86. The second kappa shape index (κ2) is 5.68. The van der Waals surface area contributed by atoms with Crippen LogP contribution in [0.3, 0.4) is 0 Å². The highest BCUT2D eigenvalue weighted by atomic mass is 35.5. The van der Waals surface area contributed by atoms with Gasteiger partial charge in [0.1, 0.15) is 0 Å². The Balaban J connectivity index is 1.60. The minimum atomic E-state index is -1.07. The lowest BCUT2D eigenvalue weighted by Gasteiger charge is -2.20. The number of fused-ring (bicyclic) bond motifs is 2. The van der Waals surface area contributed by atoms with E-state index in [4.69, 9.17) is 16.7 Å². The standard InChI is InChI=1S/C16H18ClNO3/c17-14-8-12(3-4-13(14)16(20)21)18-15(19)7-11-6-9-1-2-10(11)5-9/h3-4,8-11H,1-2,5-7H2,(H,18,19)(H,20,21). The van der Waals surface area contributed by atoms with E-state index in [0.717, 1.165) is 11.8 Å². The van der Waals surface area contributed by atoms with Crippen LogP contribution in [-0.4, -0.2) is 17.0 Å². The molecule has 2 aliphatic carbocycles. The average Bonchev–Trinajstić information content (AvgIpc) is 3.00. The maximum atomic E-state index is 12.1. The van der Waals surface area contributed by atoms with E-state index >= 15 is 0 Å². The van der Waals surface area contributed by atoms with Gasteiger partial charge < -0.3 is 10.4 Å². The van der Waals surface area contributed by atoms with Gasteiger partial charge in [-0.25, -0.2) is 4.79 Å². The van der Waals surface area contributed by atoms with E-state index in [0.29, 0.717) is 18.0 Å². The van der Waals surface area contributed by atoms with Gasteiger partial charge in [0.2, 0.25) is 5.91 Å². The minimum Gasteiger partial charge on any atom is -0.478 e. The van der Waals surface area contributed by atoms with Gasteiger partial charge in [-0.05, 0) is 55.2 Å². The molecule has 1 aromatic carbocycles. The number of aromatic carboxylic acids is 1. The quantitative estimate of drug-likeness (QED) is 0.889. The van der Waals surface area contributed by atoms with Gasteiger partial charge in [-0.3, -0.25) is 4.79 Å². The number of carbonyl (C=O) groups excluding carboxylic acids is 1. The van der Waals surface area contributed by atoms with Crippen LogP contribution >= 0.6 is 11.6 Å². The number of carbonyl (C=O) groups is 2. The van der Waals surface area contributed by atoms with Crippen LogP contribution in [0.1, 0.15) is 42.5 Å². The van der Waals surface area contributed by atoms with Crippen molar-refractivity contribution in [2.45, 2.75) is 32.1 Å². The highest BCUT2D eigenvalue weighted by Gasteiger charge is 2.40. The molecular formula is C16H18ClNO3. The number of benzene rings is 1. The molecule has 1 amide bonds. The molecule has 0 heterocycles. The molecule has 5 heteroatoms. The summed E-state index contributed by atoms with van der Waals surface area (Å²) in [6.45, 7) is 0. The largest absolute Gasteiger partial charge is 0.478 e. The molecule has 4 nitrogen and oxygen atoms in total. The molecule has 112 valence electrons. The maximum Gasteiger partial charge on any atom is 0.337 e. The van der Waals surface area contributed by atoms with Gasteiger partial charge in [0.05, 0.1) is 10.6 Å². The van der Waals surface area contributed by atoms with Crippen molar-refractivity contribution in [2.24, 2.45) is 17.8 Å². The molecule has 0 aliphatic heterocycles. The van der Waals surface area contributed by atoms with Gasteiger partial charge in [-0.2, -0.15) is 0 Å². The third-order valence-electron chi connectivity index (χ3n) is 4.82. The van der Waals surface area contributed by atoms with Crippen molar-refractivity contribution in [3.63, 3.8) is 0 Å². The fraction of sp³-hybridized carbons (Fsp3) is 0.500. The number of hydrogen-bond donors (Lipinski definition) is 2. The summed E-state index contributed by atoms with van der Waals surface area (Å²) in [6, 6.07) is 4.48. The third-order valence-corrected chi connectivity index (χ3v) is 5.13. The number of anilines is 1. The number of amides is 1. The lowest BCUT2D eigenvalue weighted by molar-refractivity contribution is -0.117. The van der Waals surface area contributed by atoms with E-state index in [1.807, 2.05) is 0 Å². The zero-order valence-electron chi connectivity index (χ0n) is 11.6. The lowest BCUT2D eigenvalue weighted by Crippen LogP contribution is -2.20. The van der Waals surface area contributed by atoms with Crippen molar-refractivity contribution in [1.29, 1.82) is 0 Å². The van der Waals surface area contributed by atoms with E-state index < -0.39 is 5.97 Å². The van der Waals surface area contributed by atoms with E-state index in [2.05, 4.69) is 5.32 Å². The Labute approximate surface area is 128 Å². The van der Waals surface area contributed by atoms with Crippen molar-refractivity contribution >= 4 is 29.2 Å². The highest BCUT2D eigenvalue weighted by molar-refractivity contribution is 6.33. The molecule has 2 saturated carbocycles. The summed E-state index contributed by atoms with van der Waals surface area (Å²) in [7, 11) is 0. The zero-order chi connectivity index (χ0) is 15.0. The number of rotatable bonds is 4. The Kier molecular flexibility index (Phi) is 3.89. The number of hydrogen-bond acceptors (Lipinski definition) is 2. The Morgan fingerprint density at radius 2 is 2.10 bits per heavy atom. The molecule has 2 fully saturated rings. The predicted molar refractivity (Wildman–Crippen MR) is 80.6 cm³/mol. The van der Waals surface area contributed by atoms with Gasteiger partial charge in [0.15, 0.2) is 0 Å². The van der Waals surface area contributed by atoms with E-state index in [1.165, 1.54) is 37.8 Å². The first-order valence-electron chi connectivity index (χ1n) is 7.35. The number of halogens is 1. The summed E-state index contributed by atoms with van der Waals surface area (Å²) in [4.78, 5) is 23.0. The normalized spacial score (nSPS) is 26.8. The molecule has 0 radical (unpaired) electrons. The Bertz CT molecular complexity index is 587. The second-order valence-corrected chi connectivity index (χ2v) is 6.59. The van der Waals surface area contributed by atoms with Crippen LogP contribution in [-0.2, 0) is 4.79 Å². The monoisotopic (exact) mass is 307 g/mol. The van der Waals surface area contributed by atoms with E-state index in [-0.39, 0.29) is 16.5 Å². The van der Waals surface area contributed by atoms with Gasteiger partial charge >= 0.3 is 5.97 Å². The van der Waals surface area contributed by atoms with Crippen molar-refractivity contribution in [2.75, 3.05) is 5.32 Å². The summed E-state index contributed by atoms with van der Waals surface area (Å²) in [5.41, 5.74) is 0.598. The van der Waals surface area contributed by atoms with Crippen LogP contribution in [0.5, 0.6) is 0 Å². The third kappa shape index (κ3) is 3.05. The minimum absolute atomic E-state index is 0.00769. The molecule has 21 heavy (non-hydrogen) atoms. The van der Waals surface area contributed by atoms with Crippen LogP contribution in [0.25, 0.3) is 0 Å². The number of carboxylic acid groups (broad SMARTS) is 1. The molecule has 1 aromatic rings. The molecule has 2 N–H and O–H groups in total. The summed E-state index contributed by atoms with van der Waals surface area (Å²) in [5, 5.41) is 11.9. The van der Waals surface area contributed by atoms with Gasteiger partial charge in [-0.1, -0.05) is 18.0 Å². The maximum absolute atomic E-state index is 12.1. The van der Waals surface area contributed by atoms with Crippen LogP contribution < -0.4 is 5.32 Å². The molecule has 3 rings (SSSR count). The van der Waals surface area contributed by atoms with Crippen molar-refractivity contribution in [1.82, 2.24) is 0 Å². The second-order valence-electron chi connectivity index (χ2n) is 6.19. The molecule has 0 aromatic heterocycles. The van der Waals surface area contributed by atoms with E-state index in [9.17, 15) is 9.59 Å². The van der Waals surface area contributed by atoms with Crippen LogP contribution in [0, 0.1) is 17.8 Å². The fourth-order valence-corrected chi connectivity index (χ4v) is 4.10. The number of nitrogens with one attached hydrogen (secondary N) is 1. The summed E-state index contributed by atoms with van der Waals surface area (Å²) in [5.74, 6) is 0.986. The molecule has 3 unspecified atom stereocenters. The van der Waals surface area contributed by atoms with Crippen molar-refractivity contribution in [3.8, 4) is 0 Å². The topological polar surface area (TPSA) is 66.4 Å². The average molecular weight is 308 g/mol. The Morgan fingerprint density at radius 1 is 1.29 bits per heavy atom.